The number of benzene rings is 1. The van der Waals surface area contributed by atoms with E-state index in [4.69, 9.17) is 4.99 Å². The summed E-state index contributed by atoms with van der Waals surface area (Å²) in [7, 11) is 0. The van der Waals surface area contributed by atoms with Crippen LogP contribution in [0.15, 0.2) is 121 Å². The molecule has 0 bridgehead atoms. The number of rotatable bonds is 10. The van der Waals surface area contributed by atoms with E-state index >= 15 is 0 Å². The number of hydrogen-bond acceptors (Lipinski definition) is 1. The summed E-state index contributed by atoms with van der Waals surface area (Å²) < 4.78 is 0. The molecule has 1 aromatic carbocycles. The van der Waals surface area contributed by atoms with Gasteiger partial charge in [0.1, 0.15) is 0 Å². The first-order valence-electron chi connectivity index (χ1n) is 9.46. The van der Waals surface area contributed by atoms with E-state index < -0.39 is 0 Å². The van der Waals surface area contributed by atoms with Crippen LogP contribution in [0.3, 0.4) is 0 Å². The molecule has 0 saturated heterocycles. The first kappa shape index (κ1) is 22.9. The van der Waals surface area contributed by atoms with Crippen LogP contribution in [-0.4, -0.2) is 5.71 Å². The zero-order chi connectivity index (χ0) is 20.8. The Bertz CT molecular complexity index is 837. The van der Waals surface area contributed by atoms with Crippen LogP contribution in [0.5, 0.6) is 0 Å². The summed E-state index contributed by atoms with van der Waals surface area (Å²) in [5, 5.41) is 0. The summed E-state index contributed by atoms with van der Waals surface area (Å²) in [6, 6.07) is 8.23. The quantitative estimate of drug-likeness (QED) is 0.297. The molecule has 28 heavy (non-hydrogen) atoms. The highest BCUT2D eigenvalue weighted by Crippen LogP contribution is 2.18. The highest BCUT2D eigenvalue weighted by Gasteiger charge is 2.04. The lowest BCUT2D eigenvalue weighted by Crippen LogP contribution is -1.98. The maximum Gasteiger partial charge on any atom is 0.0599 e. The minimum absolute atomic E-state index is 0.175. The molecule has 0 spiro atoms. The van der Waals surface area contributed by atoms with Crippen LogP contribution in [-0.2, 0) is 0 Å². The summed E-state index contributed by atoms with van der Waals surface area (Å²) in [5.41, 5.74) is 5.16. The molecule has 0 aliphatic heterocycles. The predicted molar refractivity (Wildman–Crippen MR) is 128 cm³/mol. The van der Waals surface area contributed by atoms with Gasteiger partial charge in [-0.25, -0.2) is 0 Å². The minimum atomic E-state index is 0.175. The van der Waals surface area contributed by atoms with Crippen LogP contribution in [0.1, 0.15) is 31.9 Å². The Labute approximate surface area is 170 Å². The molecule has 0 aliphatic rings. The fraction of sp³-hybridized carbons (Fsp3) is 0.148. The van der Waals surface area contributed by atoms with E-state index in [0.29, 0.717) is 0 Å². The highest BCUT2D eigenvalue weighted by atomic mass is 14.7. The van der Waals surface area contributed by atoms with Crippen molar-refractivity contribution < 1.29 is 0 Å². The Kier molecular flexibility index (Phi) is 10.7. The van der Waals surface area contributed by atoms with Crippen molar-refractivity contribution >= 4 is 11.8 Å². The van der Waals surface area contributed by atoms with Crippen LogP contribution < -0.4 is 0 Å². The molecule has 0 aliphatic carbocycles. The van der Waals surface area contributed by atoms with Gasteiger partial charge in [-0.05, 0) is 36.6 Å². The molecule has 0 unspecified atom stereocenters. The van der Waals surface area contributed by atoms with Gasteiger partial charge in [0.15, 0.2) is 0 Å². The molecule has 1 aromatic rings. The molecule has 0 fully saturated rings. The monoisotopic (exact) mass is 369 g/mol. The normalized spacial score (nSPS) is 14.8. The van der Waals surface area contributed by atoms with E-state index in [1.54, 1.807) is 6.08 Å². The van der Waals surface area contributed by atoms with Gasteiger partial charge >= 0.3 is 0 Å². The summed E-state index contributed by atoms with van der Waals surface area (Å²) in [6.45, 7) is 17.6. The summed E-state index contributed by atoms with van der Waals surface area (Å²) in [5.74, 6) is 0.175. The van der Waals surface area contributed by atoms with Crippen molar-refractivity contribution in [2.45, 2.75) is 20.8 Å². The van der Waals surface area contributed by atoms with Crippen molar-refractivity contribution in [1.82, 2.24) is 0 Å². The SMILES string of the molecule is C=C/C=C(\C=C)[C@@H](C)/C=C(/C=C/C=C\C=C/C)N=C(C)c1ccc(C=C)cc1. The third kappa shape index (κ3) is 8.01. The fourth-order valence-corrected chi connectivity index (χ4v) is 2.54. The maximum absolute atomic E-state index is 4.86. The largest absolute Gasteiger partial charge is 0.253 e. The van der Waals surface area contributed by atoms with Crippen LogP contribution in [0.2, 0.25) is 0 Å². The smallest absolute Gasteiger partial charge is 0.0599 e. The van der Waals surface area contributed by atoms with Crippen molar-refractivity contribution in [2.24, 2.45) is 10.9 Å². The van der Waals surface area contributed by atoms with Crippen LogP contribution in [0.4, 0.5) is 0 Å². The van der Waals surface area contributed by atoms with Gasteiger partial charge in [0.2, 0.25) is 0 Å². The van der Waals surface area contributed by atoms with E-state index in [-0.39, 0.29) is 5.92 Å². The molecule has 0 saturated carbocycles. The zero-order valence-electron chi connectivity index (χ0n) is 17.3. The summed E-state index contributed by atoms with van der Waals surface area (Å²) in [4.78, 5) is 4.86. The number of allylic oxidation sites excluding steroid dienone is 11. The number of aliphatic imine (C=N–C) groups is 1. The van der Waals surface area contributed by atoms with Crippen molar-refractivity contribution in [1.29, 1.82) is 0 Å². The van der Waals surface area contributed by atoms with E-state index in [1.165, 1.54) is 0 Å². The highest BCUT2D eigenvalue weighted by molar-refractivity contribution is 5.99. The van der Waals surface area contributed by atoms with Gasteiger partial charge < -0.3 is 0 Å². The standard InChI is InChI=1S/C27H31N/c1-7-11-12-13-14-16-27(21-22(5)25(10-4)15-8-2)28-23(6)26-19-17-24(9-3)18-20-26/h7-22H,2-4H2,1,5-6H3/b11-7-,13-12-,16-14+,25-15+,27-21-,28-23?/t22-/m0/s1. The van der Waals surface area contributed by atoms with E-state index in [1.807, 2.05) is 80.7 Å². The number of hydrogen-bond donors (Lipinski definition) is 0. The predicted octanol–water partition coefficient (Wildman–Crippen LogP) is 7.65. The minimum Gasteiger partial charge on any atom is -0.253 e. The van der Waals surface area contributed by atoms with Crippen molar-refractivity contribution in [3.05, 3.63) is 127 Å². The van der Waals surface area contributed by atoms with E-state index in [9.17, 15) is 0 Å². The fourth-order valence-electron chi connectivity index (χ4n) is 2.54. The molecule has 1 atom stereocenters. The van der Waals surface area contributed by atoms with Gasteiger partial charge in [0, 0.05) is 11.6 Å². The molecule has 1 rings (SSSR count). The van der Waals surface area contributed by atoms with Crippen LogP contribution >= 0.6 is 0 Å². The van der Waals surface area contributed by atoms with Gasteiger partial charge in [-0.2, -0.15) is 0 Å². The Morgan fingerprint density at radius 3 is 2.25 bits per heavy atom. The third-order valence-corrected chi connectivity index (χ3v) is 4.15. The van der Waals surface area contributed by atoms with E-state index in [0.717, 1.165) is 28.1 Å². The lowest BCUT2D eigenvalue weighted by Gasteiger charge is -2.09. The average Bonchev–Trinajstić information content (AvgIpc) is 2.71. The van der Waals surface area contributed by atoms with Crippen LogP contribution in [0.25, 0.3) is 6.08 Å². The van der Waals surface area contributed by atoms with E-state index in [2.05, 4.69) is 44.9 Å². The Morgan fingerprint density at radius 2 is 1.68 bits per heavy atom. The van der Waals surface area contributed by atoms with Crippen LogP contribution in [0, 0.1) is 5.92 Å². The molecule has 0 heterocycles. The topological polar surface area (TPSA) is 12.4 Å². The van der Waals surface area contributed by atoms with Crippen molar-refractivity contribution in [3.63, 3.8) is 0 Å². The Hall–Kier alpha value is -3.19. The van der Waals surface area contributed by atoms with Gasteiger partial charge in [-0.1, -0.05) is 112 Å². The molecule has 0 N–H and O–H groups in total. The molecule has 0 radical (unpaired) electrons. The zero-order valence-corrected chi connectivity index (χ0v) is 17.3. The summed E-state index contributed by atoms with van der Waals surface area (Å²) in [6.07, 6.45) is 21.6. The third-order valence-electron chi connectivity index (χ3n) is 4.15. The van der Waals surface area contributed by atoms with Gasteiger partial charge in [-0.15, -0.1) is 0 Å². The average molecular weight is 370 g/mol. The number of nitrogens with zero attached hydrogens (tertiary/aromatic N) is 1. The Morgan fingerprint density at radius 1 is 1.00 bits per heavy atom. The maximum atomic E-state index is 4.86. The lowest BCUT2D eigenvalue weighted by atomic mass is 9.99. The molecular weight excluding hydrogens is 338 g/mol. The molecule has 0 aromatic heterocycles. The first-order chi connectivity index (χ1) is 13.5. The van der Waals surface area contributed by atoms with Gasteiger partial charge in [0.05, 0.1) is 5.70 Å². The second-order valence-electron chi connectivity index (χ2n) is 6.28. The molecule has 1 nitrogen and oxygen atoms in total. The Balaban J connectivity index is 3.25. The summed E-state index contributed by atoms with van der Waals surface area (Å²) >= 11 is 0. The second kappa shape index (κ2) is 13.1. The molecule has 0 amide bonds. The first-order valence-corrected chi connectivity index (χ1v) is 9.46. The molecule has 1 heteroatoms. The molecule has 144 valence electrons. The lowest BCUT2D eigenvalue weighted by molar-refractivity contribution is 0.882. The van der Waals surface area contributed by atoms with Gasteiger partial charge in [0.25, 0.3) is 0 Å². The van der Waals surface area contributed by atoms with Gasteiger partial charge in [-0.3, -0.25) is 4.99 Å². The molecular formula is C27H31N. The van der Waals surface area contributed by atoms with Crippen molar-refractivity contribution in [3.8, 4) is 0 Å². The van der Waals surface area contributed by atoms with Crippen molar-refractivity contribution in [2.75, 3.05) is 0 Å². The second-order valence-corrected chi connectivity index (χ2v) is 6.28.